The van der Waals surface area contributed by atoms with Crippen molar-refractivity contribution < 1.29 is 18.3 Å². The van der Waals surface area contributed by atoms with E-state index in [0.717, 1.165) is 5.56 Å². The van der Waals surface area contributed by atoms with Crippen LogP contribution in [0.25, 0.3) is 0 Å². The van der Waals surface area contributed by atoms with E-state index in [-0.39, 0.29) is 12.2 Å². The van der Waals surface area contributed by atoms with Crippen LogP contribution in [0.2, 0.25) is 0 Å². The van der Waals surface area contributed by atoms with E-state index in [1.165, 1.54) is 6.07 Å². The molecule has 0 saturated carbocycles. The molecule has 1 heterocycles. The van der Waals surface area contributed by atoms with E-state index in [9.17, 15) is 13.2 Å². The number of sulfone groups is 1. The van der Waals surface area contributed by atoms with Crippen molar-refractivity contribution in [1.82, 2.24) is 0 Å². The maximum Gasteiger partial charge on any atom is 0.307 e. The van der Waals surface area contributed by atoms with Crippen LogP contribution in [0.1, 0.15) is 17.5 Å². The van der Waals surface area contributed by atoms with Crippen LogP contribution in [0.15, 0.2) is 23.1 Å². The highest BCUT2D eigenvalue weighted by atomic mass is 32.2. The van der Waals surface area contributed by atoms with Crippen LogP contribution in [0.5, 0.6) is 0 Å². The van der Waals surface area contributed by atoms with Gasteiger partial charge < -0.3 is 5.11 Å². The number of carbonyl (C=O) groups is 1. The highest BCUT2D eigenvalue weighted by Crippen LogP contribution is 2.25. The van der Waals surface area contributed by atoms with E-state index in [2.05, 4.69) is 0 Å². The van der Waals surface area contributed by atoms with E-state index >= 15 is 0 Å². The largest absolute Gasteiger partial charge is 0.481 e. The summed E-state index contributed by atoms with van der Waals surface area (Å²) in [6.45, 7) is 0. The Hall–Kier alpha value is -1.36. The van der Waals surface area contributed by atoms with Gasteiger partial charge in [-0.1, -0.05) is 12.1 Å². The maximum absolute atomic E-state index is 11.7. The molecule has 0 amide bonds. The number of carboxylic acids is 1. The molecule has 1 aromatic carbocycles. The zero-order valence-corrected chi connectivity index (χ0v) is 9.46. The first-order valence-corrected chi connectivity index (χ1v) is 6.70. The van der Waals surface area contributed by atoms with Gasteiger partial charge in [-0.3, -0.25) is 4.79 Å². The van der Waals surface area contributed by atoms with Gasteiger partial charge in [-0.2, -0.15) is 0 Å². The molecule has 1 aliphatic rings. The smallest absolute Gasteiger partial charge is 0.307 e. The molecule has 5 heteroatoms. The third kappa shape index (κ3) is 2.09. The lowest BCUT2D eigenvalue weighted by Crippen LogP contribution is -2.16. The molecule has 0 aliphatic carbocycles. The van der Waals surface area contributed by atoms with Crippen LogP contribution in [0, 0.1) is 0 Å². The number of aryl methyl sites for hydroxylation is 1. The van der Waals surface area contributed by atoms with Crippen LogP contribution in [-0.4, -0.2) is 25.2 Å². The summed E-state index contributed by atoms with van der Waals surface area (Å²) in [6, 6.07) is 4.80. The molecule has 1 aliphatic heterocycles. The summed E-state index contributed by atoms with van der Waals surface area (Å²) < 4.78 is 23.4. The number of carboxylic acid groups (broad SMARTS) is 1. The Labute approximate surface area is 93.8 Å². The van der Waals surface area contributed by atoms with Crippen LogP contribution < -0.4 is 0 Å². The topological polar surface area (TPSA) is 71.4 Å². The van der Waals surface area contributed by atoms with Crippen molar-refractivity contribution >= 4 is 15.8 Å². The average Bonchev–Trinajstić information content (AvgIpc) is 2.15. The lowest BCUT2D eigenvalue weighted by molar-refractivity contribution is -0.136. The summed E-state index contributed by atoms with van der Waals surface area (Å²) in [5, 5.41) is 8.66. The molecule has 4 nitrogen and oxygen atoms in total. The number of benzene rings is 1. The third-order valence-electron chi connectivity index (χ3n) is 2.67. The summed E-state index contributed by atoms with van der Waals surface area (Å²) in [5.74, 6) is -0.711. The van der Waals surface area contributed by atoms with Crippen molar-refractivity contribution in [2.75, 3.05) is 5.75 Å². The summed E-state index contributed by atoms with van der Waals surface area (Å²) in [7, 11) is -3.13. The van der Waals surface area contributed by atoms with Gasteiger partial charge >= 0.3 is 5.97 Å². The normalized spacial score (nSPS) is 17.8. The van der Waals surface area contributed by atoms with E-state index in [1.807, 2.05) is 0 Å². The molecule has 16 heavy (non-hydrogen) atoms. The van der Waals surface area contributed by atoms with Crippen LogP contribution in [0.3, 0.4) is 0 Å². The first kappa shape index (κ1) is 11.1. The summed E-state index contributed by atoms with van der Waals surface area (Å²) in [4.78, 5) is 10.9. The molecule has 0 spiro atoms. The Morgan fingerprint density at radius 2 is 2.12 bits per heavy atom. The summed E-state index contributed by atoms with van der Waals surface area (Å²) >= 11 is 0. The van der Waals surface area contributed by atoms with Crippen LogP contribution in [-0.2, 0) is 27.5 Å². The Bertz CT molecular complexity index is 531. The molecule has 1 aromatic rings. The minimum Gasteiger partial charge on any atom is -0.481 e. The molecule has 2 rings (SSSR count). The minimum atomic E-state index is -3.13. The molecule has 0 aromatic heterocycles. The second-order valence-electron chi connectivity index (χ2n) is 3.94. The molecule has 1 N–H and O–H groups in total. The lowest BCUT2D eigenvalue weighted by atomic mass is 10.0. The molecule has 0 unspecified atom stereocenters. The minimum absolute atomic E-state index is 0.0622. The predicted molar refractivity (Wildman–Crippen MR) is 58.2 cm³/mol. The number of aliphatic carboxylic acids is 1. The van der Waals surface area contributed by atoms with E-state index < -0.39 is 15.8 Å². The summed E-state index contributed by atoms with van der Waals surface area (Å²) in [6.07, 6.45) is 1.27. The van der Waals surface area contributed by atoms with Gasteiger partial charge in [0.25, 0.3) is 0 Å². The fourth-order valence-corrected chi connectivity index (χ4v) is 3.56. The van der Waals surface area contributed by atoms with Crippen molar-refractivity contribution in [3.8, 4) is 0 Å². The zero-order chi connectivity index (χ0) is 11.8. The lowest BCUT2D eigenvalue weighted by Gasteiger charge is -2.16. The number of rotatable bonds is 2. The maximum atomic E-state index is 11.7. The molecule has 0 atom stereocenters. The summed E-state index contributed by atoms with van der Waals surface area (Å²) in [5.41, 5.74) is 1.41. The van der Waals surface area contributed by atoms with Gasteiger partial charge in [-0.05, 0) is 30.0 Å². The van der Waals surface area contributed by atoms with E-state index in [0.29, 0.717) is 23.3 Å². The molecule has 0 bridgehead atoms. The fourth-order valence-electron chi connectivity index (χ4n) is 1.98. The van der Waals surface area contributed by atoms with Gasteiger partial charge in [-0.25, -0.2) is 8.42 Å². The van der Waals surface area contributed by atoms with Gasteiger partial charge in [0.05, 0.1) is 17.1 Å². The second kappa shape index (κ2) is 3.90. The molecule has 86 valence electrons. The molecule has 0 radical (unpaired) electrons. The van der Waals surface area contributed by atoms with Gasteiger partial charge in [0.2, 0.25) is 0 Å². The third-order valence-corrected chi connectivity index (χ3v) is 4.57. The SMILES string of the molecule is O=C(O)Cc1ccc2c(c1)CCCS2(=O)=O. The molecular formula is C11H12O4S. The Balaban J connectivity index is 2.43. The Kier molecular flexibility index (Phi) is 2.71. The first-order valence-electron chi connectivity index (χ1n) is 5.05. The van der Waals surface area contributed by atoms with Gasteiger partial charge in [0.15, 0.2) is 9.84 Å². The van der Waals surface area contributed by atoms with Crippen molar-refractivity contribution in [3.63, 3.8) is 0 Å². The quantitative estimate of drug-likeness (QED) is 0.838. The van der Waals surface area contributed by atoms with Gasteiger partial charge in [0.1, 0.15) is 0 Å². The standard InChI is InChI=1S/C11H12O4S/c12-11(13)7-8-3-4-10-9(6-8)2-1-5-16(10,14)15/h3-4,6H,1-2,5,7H2,(H,12,13). The number of hydrogen-bond donors (Lipinski definition) is 1. The van der Waals surface area contributed by atoms with Crippen molar-refractivity contribution in [3.05, 3.63) is 29.3 Å². The van der Waals surface area contributed by atoms with Gasteiger partial charge in [0, 0.05) is 0 Å². The monoisotopic (exact) mass is 240 g/mol. The Morgan fingerprint density at radius 1 is 1.38 bits per heavy atom. The highest BCUT2D eigenvalue weighted by molar-refractivity contribution is 7.91. The van der Waals surface area contributed by atoms with Crippen LogP contribution in [0.4, 0.5) is 0 Å². The average molecular weight is 240 g/mol. The predicted octanol–water partition coefficient (Wildman–Crippen LogP) is 1.03. The first-order chi connectivity index (χ1) is 7.49. The molecular weight excluding hydrogens is 228 g/mol. The number of fused-ring (bicyclic) bond motifs is 1. The van der Waals surface area contributed by atoms with Gasteiger partial charge in [-0.15, -0.1) is 0 Å². The molecule has 0 fully saturated rings. The van der Waals surface area contributed by atoms with Crippen molar-refractivity contribution in [2.45, 2.75) is 24.2 Å². The van der Waals surface area contributed by atoms with Crippen molar-refractivity contribution in [1.29, 1.82) is 0 Å². The fraction of sp³-hybridized carbons (Fsp3) is 0.364. The Morgan fingerprint density at radius 3 is 2.81 bits per heavy atom. The van der Waals surface area contributed by atoms with Crippen LogP contribution >= 0.6 is 0 Å². The van der Waals surface area contributed by atoms with E-state index in [1.54, 1.807) is 12.1 Å². The van der Waals surface area contributed by atoms with Crippen molar-refractivity contribution in [2.24, 2.45) is 0 Å². The number of hydrogen-bond acceptors (Lipinski definition) is 3. The molecule has 0 saturated heterocycles. The zero-order valence-electron chi connectivity index (χ0n) is 8.64. The second-order valence-corrected chi connectivity index (χ2v) is 6.01. The van der Waals surface area contributed by atoms with E-state index in [4.69, 9.17) is 5.11 Å². The highest BCUT2D eigenvalue weighted by Gasteiger charge is 2.23.